The quantitative estimate of drug-likeness (QED) is 0.400. The predicted molar refractivity (Wildman–Crippen MR) is 128 cm³/mol. The van der Waals surface area contributed by atoms with E-state index in [1.54, 1.807) is 24.3 Å². The number of aryl methyl sites for hydroxylation is 1. The van der Waals surface area contributed by atoms with E-state index in [2.05, 4.69) is 5.32 Å². The number of rotatable bonds is 5. The minimum atomic E-state index is -0.656. The number of nitrogens with one attached hydrogen (secondary N) is 1. The van der Waals surface area contributed by atoms with Crippen molar-refractivity contribution in [3.63, 3.8) is 0 Å². The lowest BCUT2D eigenvalue weighted by Crippen LogP contribution is -2.30. The van der Waals surface area contributed by atoms with E-state index in [4.69, 9.17) is 0 Å². The number of carbonyl (C=O) groups excluding carboxylic acids is 2. The van der Waals surface area contributed by atoms with E-state index in [-0.39, 0.29) is 28.7 Å². The van der Waals surface area contributed by atoms with Crippen LogP contribution in [-0.4, -0.2) is 17.1 Å². The van der Waals surface area contributed by atoms with Gasteiger partial charge in [0.15, 0.2) is 0 Å². The summed E-state index contributed by atoms with van der Waals surface area (Å²) in [6, 6.07) is 20.0. The van der Waals surface area contributed by atoms with Gasteiger partial charge in [-0.3, -0.25) is 14.5 Å². The van der Waals surface area contributed by atoms with Gasteiger partial charge < -0.3 is 5.32 Å². The van der Waals surface area contributed by atoms with E-state index in [9.17, 15) is 23.6 Å². The van der Waals surface area contributed by atoms with E-state index < -0.39 is 17.0 Å². The average molecular weight is 476 g/mol. The van der Waals surface area contributed by atoms with Crippen LogP contribution in [0.4, 0.5) is 20.2 Å². The summed E-state index contributed by atoms with van der Waals surface area (Å²) in [4.78, 5) is 27.7. The third kappa shape index (κ3) is 5.00. The maximum atomic E-state index is 13.5. The monoisotopic (exact) mass is 475 g/mol. The van der Waals surface area contributed by atoms with Crippen LogP contribution in [0, 0.1) is 29.9 Å². The Bertz CT molecular complexity index is 1300. The number of halogens is 2. The molecule has 1 N–H and O–H groups in total. The molecular weight excluding hydrogens is 456 g/mol. The first-order valence-corrected chi connectivity index (χ1v) is 11.3. The summed E-state index contributed by atoms with van der Waals surface area (Å²) in [6.45, 7) is 1.91. The minimum absolute atomic E-state index is 0.163. The van der Waals surface area contributed by atoms with Crippen LogP contribution < -0.4 is 10.2 Å². The summed E-state index contributed by atoms with van der Waals surface area (Å²) in [5.41, 5.74) is 2.36. The molecule has 1 atom stereocenters. The van der Waals surface area contributed by atoms with Gasteiger partial charge in [-0.25, -0.2) is 8.78 Å². The first kappa shape index (κ1) is 23.2. The van der Waals surface area contributed by atoms with Crippen molar-refractivity contribution in [1.82, 2.24) is 0 Å². The zero-order valence-electron chi connectivity index (χ0n) is 18.1. The van der Waals surface area contributed by atoms with Crippen LogP contribution in [0.2, 0.25) is 0 Å². The second-order valence-corrected chi connectivity index (χ2v) is 8.89. The van der Waals surface area contributed by atoms with Crippen molar-refractivity contribution < 1.29 is 18.4 Å². The third-order valence-electron chi connectivity index (χ3n) is 5.23. The lowest BCUT2D eigenvalue weighted by Gasteiger charge is -2.18. The van der Waals surface area contributed by atoms with Crippen molar-refractivity contribution >= 4 is 35.0 Å². The first-order valence-electron chi connectivity index (χ1n) is 10.4. The standard InChI is InChI=1S/C26H19F2N3O2S/c1-16-2-10-20(11-3-16)30-24(32)22(15-29)26-31(21-12-8-19(28)9-13-21)25(33)23(34-26)14-17-4-6-18(27)7-5-17/h2-13,23H,14H2,1H3,(H,30,32). The highest BCUT2D eigenvalue weighted by molar-refractivity contribution is 8.05. The average Bonchev–Trinajstić information content (AvgIpc) is 3.13. The van der Waals surface area contributed by atoms with Crippen molar-refractivity contribution in [2.45, 2.75) is 18.6 Å². The number of amides is 2. The maximum Gasteiger partial charge on any atom is 0.269 e. The number of nitrogens with zero attached hydrogens (tertiary/aromatic N) is 2. The second-order valence-electron chi connectivity index (χ2n) is 7.70. The van der Waals surface area contributed by atoms with Crippen molar-refractivity contribution in [2.24, 2.45) is 0 Å². The Balaban J connectivity index is 1.71. The first-order chi connectivity index (χ1) is 16.4. The maximum absolute atomic E-state index is 13.5. The Kier molecular flexibility index (Phi) is 6.75. The number of anilines is 2. The van der Waals surface area contributed by atoms with Crippen LogP contribution >= 0.6 is 11.8 Å². The normalized spacial score (nSPS) is 16.8. The zero-order chi connectivity index (χ0) is 24.2. The second kappa shape index (κ2) is 9.89. The molecule has 2 amide bonds. The molecule has 1 saturated heterocycles. The van der Waals surface area contributed by atoms with Crippen LogP contribution in [0.25, 0.3) is 0 Å². The minimum Gasteiger partial charge on any atom is -0.321 e. The van der Waals surface area contributed by atoms with Gasteiger partial charge in [0.1, 0.15) is 28.3 Å². The van der Waals surface area contributed by atoms with Crippen molar-refractivity contribution in [3.8, 4) is 6.07 Å². The molecule has 4 rings (SSSR count). The SMILES string of the molecule is Cc1ccc(NC(=O)C(C#N)=C2SC(Cc3ccc(F)cc3)C(=O)N2c2ccc(F)cc2)cc1. The number of carbonyl (C=O) groups is 2. The predicted octanol–water partition coefficient (Wildman–Crippen LogP) is 5.34. The van der Waals surface area contributed by atoms with Gasteiger partial charge in [-0.1, -0.05) is 41.6 Å². The van der Waals surface area contributed by atoms with Gasteiger partial charge in [-0.2, -0.15) is 5.26 Å². The van der Waals surface area contributed by atoms with Gasteiger partial charge in [-0.05, 0) is 67.4 Å². The molecule has 3 aromatic carbocycles. The lowest BCUT2D eigenvalue weighted by atomic mass is 10.1. The Morgan fingerprint density at radius 1 is 1.00 bits per heavy atom. The summed E-state index contributed by atoms with van der Waals surface area (Å²) in [6.07, 6.45) is 0.267. The molecule has 5 nitrogen and oxygen atoms in total. The fourth-order valence-electron chi connectivity index (χ4n) is 3.48. The van der Waals surface area contributed by atoms with Gasteiger partial charge in [0.2, 0.25) is 5.91 Å². The molecular formula is C26H19F2N3O2S. The van der Waals surface area contributed by atoms with E-state index >= 15 is 0 Å². The lowest BCUT2D eigenvalue weighted by molar-refractivity contribution is -0.117. The van der Waals surface area contributed by atoms with E-state index in [1.807, 2.05) is 25.1 Å². The van der Waals surface area contributed by atoms with E-state index in [0.29, 0.717) is 11.4 Å². The highest BCUT2D eigenvalue weighted by atomic mass is 32.2. The van der Waals surface area contributed by atoms with Crippen LogP contribution in [0.3, 0.4) is 0 Å². The molecule has 0 aliphatic carbocycles. The van der Waals surface area contributed by atoms with Gasteiger partial charge in [0.25, 0.3) is 5.91 Å². The molecule has 8 heteroatoms. The van der Waals surface area contributed by atoms with Crippen molar-refractivity contribution in [2.75, 3.05) is 10.2 Å². The summed E-state index contributed by atoms with van der Waals surface area (Å²) < 4.78 is 26.8. The zero-order valence-corrected chi connectivity index (χ0v) is 18.9. The number of benzene rings is 3. The Morgan fingerprint density at radius 3 is 2.18 bits per heavy atom. The summed E-state index contributed by atoms with van der Waals surface area (Å²) in [5.74, 6) is -1.88. The molecule has 34 heavy (non-hydrogen) atoms. The van der Waals surface area contributed by atoms with Crippen LogP contribution in [0.5, 0.6) is 0 Å². The van der Waals surface area contributed by atoms with Gasteiger partial charge in [-0.15, -0.1) is 0 Å². The van der Waals surface area contributed by atoms with E-state index in [0.717, 1.165) is 22.9 Å². The smallest absolute Gasteiger partial charge is 0.269 e. The largest absolute Gasteiger partial charge is 0.321 e. The fraction of sp³-hybridized carbons (Fsp3) is 0.115. The molecule has 3 aromatic rings. The van der Waals surface area contributed by atoms with Gasteiger partial charge in [0.05, 0.1) is 5.25 Å². The Hall–Kier alpha value is -3.96. The number of hydrogen-bond donors (Lipinski definition) is 1. The highest BCUT2D eigenvalue weighted by Crippen LogP contribution is 2.42. The van der Waals surface area contributed by atoms with Crippen LogP contribution in [0.15, 0.2) is 83.4 Å². The molecule has 0 spiro atoms. The fourth-order valence-corrected chi connectivity index (χ4v) is 4.79. The van der Waals surface area contributed by atoms with E-state index in [1.165, 1.54) is 41.3 Å². The molecule has 1 heterocycles. The van der Waals surface area contributed by atoms with Gasteiger partial charge >= 0.3 is 0 Å². The third-order valence-corrected chi connectivity index (χ3v) is 6.50. The topological polar surface area (TPSA) is 73.2 Å². The molecule has 0 bridgehead atoms. The highest BCUT2D eigenvalue weighted by Gasteiger charge is 2.40. The Morgan fingerprint density at radius 2 is 1.59 bits per heavy atom. The summed E-state index contributed by atoms with van der Waals surface area (Å²) in [7, 11) is 0. The molecule has 1 aliphatic heterocycles. The molecule has 1 unspecified atom stereocenters. The van der Waals surface area contributed by atoms with Crippen molar-refractivity contribution in [1.29, 1.82) is 5.26 Å². The Labute approximate surface area is 199 Å². The van der Waals surface area contributed by atoms with Crippen LogP contribution in [-0.2, 0) is 16.0 Å². The molecule has 1 aliphatic rings. The van der Waals surface area contributed by atoms with Crippen LogP contribution in [0.1, 0.15) is 11.1 Å². The molecule has 170 valence electrons. The number of thioether (sulfide) groups is 1. The number of hydrogen-bond acceptors (Lipinski definition) is 4. The molecule has 0 radical (unpaired) electrons. The number of nitriles is 1. The summed E-state index contributed by atoms with van der Waals surface area (Å²) in [5, 5.41) is 12.1. The molecule has 0 saturated carbocycles. The van der Waals surface area contributed by atoms with Gasteiger partial charge in [0, 0.05) is 11.4 Å². The van der Waals surface area contributed by atoms with Crippen molar-refractivity contribution in [3.05, 3.63) is 106 Å². The molecule has 0 aromatic heterocycles. The summed E-state index contributed by atoms with van der Waals surface area (Å²) >= 11 is 1.08. The molecule has 1 fully saturated rings.